The van der Waals surface area contributed by atoms with Crippen LogP contribution < -0.4 is 15.6 Å². The van der Waals surface area contributed by atoms with Crippen molar-refractivity contribution in [3.8, 4) is 0 Å². The van der Waals surface area contributed by atoms with Crippen molar-refractivity contribution < 1.29 is 22.6 Å². The number of hydrogen-bond acceptors (Lipinski definition) is 4. The number of amides is 2. The Morgan fingerprint density at radius 1 is 1.18 bits per heavy atom. The van der Waals surface area contributed by atoms with Crippen LogP contribution in [0, 0.1) is 6.92 Å². The van der Waals surface area contributed by atoms with Gasteiger partial charge in [-0.1, -0.05) is 19.9 Å². The predicted octanol–water partition coefficient (Wildman–Crippen LogP) is 1.05. The molecule has 0 spiro atoms. The summed E-state index contributed by atoms with van der Waals surface area (Å²) < 4.78 is 28.3. The number of benzene rings is 1. The Kier molecular flexibility index (Phi) is 6.87. The van der Waals surface area contributed by atoms with E-state index >= 15 is 0 Å². The summed E-state index contributed by atoms with van der Waals surface area (Å²) >= 11 is 0. The van der Waals surface area contributed by atoms with Crippen molar-refractivity contribution in [2.24, 2.45) is 5.73 Å². The fourth-order valence-electron chi connectivity index (χ4n) is 2.73. The molecule has 150 valence electrons. The summed E-state index contributed by atoms with van der Waals surface area (Å²) in [5.74, 6) is -0.938. The van der Waals surface area contributed by atoms with Gasteiger partial charge in [0.1, 0.15) is 5.56 Å². The number of aryl methyl sites for hydroxylation is 1. The molecule has 0 unspecified atom stereocenters. The maximum atomic E-state index is 12.7. The van der Waals surface area contributed by atoms with Gasteiger partial charge in [-0.05, 0) is 30.7 Å². The Balaban J connectivity index is 2.23. The zero-order valence-corrected chi connectivity index (χ0v) is 17.0. The number of sulfonamides is 1. The molecule has 9 heteroatoms. The SMILES string of the molecule is CCN(CC)S(=O)(=O)c1ccc(C)c(NC(=O)C[n+]2cccc(C(N)=O)c2)c1. The van der Waals surface area contributed by atoms with Gasteiger partial charge < -0.3 is 11.1 Å². The third kappa shape index (κ3) is 4.93. The Morgan fingerprint density at radius 3 is 2.46 bits per heavy atom. The molecule has 1 heterocycles. The Labute approximate surface area is 165 Å². The van der Waals surface area contributed by atoms with Crippen LogP contribution in [0.3, 0.4) is 0 Å². The van der Waals surface area contributed by atoms with E-state index in [2.05, 4.69) is 5.32 Å². The number of aromatic nitrogens is 1. The summed E-state index contributed by atoms with van der Waals surface area (Å²) in [5.41, 5.74) is 6.70. The highest BCUT2D eigenvalue weighted by atomic mass is 32.2. The number of rotatable bonds is 8. The van der Waals surface area contributed by atoms with Crippen LogP contribution in [0.15, 0.2) is 47.6 Å². The van der Waals surface area contributed by atoms with Crippen LogP contribution in [0.25, 0.3) is 0 Å². The molecular weight excluding hydrogens is 380 g/mol. The number of pyridine rings is 1. The molecule has 0 fully saturated rings. The monoisotopic (exact) mass is 405 g/mol. The van der Waals surface area contributed by atoms with E-state index < -0.39 is 15.9 Å². The first-order valence-corrected chi connectivity index (χ1v) is 10.3. The fourth-order valence-corrected chi connectivity index (χ4v) is 4.22. The van der Waals surface area contributed by atoms with Crippen molar-refractivity contribution in [1.29, 1.82) is 0 Å². The van der Waals surface area contributed by atoms with Crippen molar-refractivity contribution in [2.45, 2.75) is 32.2 Å². The van der Waals surface area contributed by atoms with Crippen LogP contribution in [0.5, 0.6) is 0 Å². The molecule has 8 nitrogen and oxygen atoms in total. The van der Waals surface area contributed by atoms with Crippen molar-refractivity contribution >= 4 is 27.5 Å². The number of nitrogens with one attached hydrogen (secondary N) is 1. The number of anilines is 1. The van der Waals surface area contributed by atoms with Crippen LogP contribution in [0.2, 0.25) is 0 Å². The van der Waals surface area contributed by atoms with Gasteiger partial charge in [-0.2, -0.15) is 8.87 Å². The summed E-state index contributed by atoms with van der Waals surface area (Å²) in [5, 5.41) is 2.74. The average Bonchev–Trinajstić information content (AvgIpc) is 2.64. The molecule has 1 aromatic carbocycles. The second kappa shape index (κ2) is 8.94. The highest BCUT2D eigenvalue weighted by Crippen LogP contribution is 2.23. The molecule has 0 aliphatic rings. The van der Waals surface area contributed by atoms with E-state index in [9.17, 15) is 18.0 Å². The lowest BCUT2D eigenvalue weighted by molar-refractivity contribution is -0.684. The van der Waals surface area contributed by atoms with E-state index in [0.717, 1.165) is 5.56 Å². The van der Waals surface area contributed by atoms with E-state index in [-0.39, 0.29) is 17.3 Å². The summed E-state index contributed by atoms with van der Waals surface area (Å²) in [6.45, 7) is 6.01. The quantitative estimate of drug-likeness (QED) is 0.639. The molecule has 0 radical (unpaired) electrons. The van der Waals surface area contributed by atoms with Gasteiger partial charge in [-0.15, -0.1) is 0 Å². The second-order valence-corrected chi connectivity index (χ2v) is 8.18. The molecular formula is C19H25N4O4S+. The van der Waals surface area contributed by atoms with Crippen molar-refractivity contribution in [2.75, 3.05) is 18.4 Å². The lowest BCUT2D eigenvalue weighted by Gasteiger charge is -2.19. The van der Waals surface area contributed by atoms with E-state index in [1.54, 1.807) is 45.2 Å². The normalized spacial score (nSPS) is 11.4. The third-order valence-electron chi connectivity index (χ3n) is 4.30. The van der Waals surface area contributed by atoms with Gasteiger partial charge in [0.2, 0.25) is 16.6 Å². The number of primary amides is 1. The standard InChI is InChI=1S/C19H24N4O4S/c1-4-23(5-2)28(26,27)16-9-8-14(3)17(11-16)21-18(24)13-22-10-6-7-15(12-22)19(20)25/h6-12H,4-5,13H2,1-3H3,(H2-,20,21,24,25)/p+1. The van der Waals surface area contributed by atoms with Crippen molar-refractivity contribution in [1.82, 2.24) is 4.31 Å². The van der Waals surface area contributed by atoms with Crippen molar-refractivity contribution in [3.05, 3.63) is 53.9 Å². The summed E-state index contributed by atoms with van der Waals surface area (Å²) in [4.78, 5) is 23.8. The van der Waals surface area contributed by atoms with Gasteiger partial charge in [-0.3, -0.25) is 9.59 Å². The molecule has 2 rings (SSSR count). The molecule has 28 heavy (non-hydrogen) atoms. The van der Waals surface area contributed by atoms with E-state index in [4.69, 9.17) is 5.73 Å². The summed E-state index contributed by atoms with van der Waals surface area (Å²) in [6, 6.07) is 7.83. The molecule has 1 aromatic heterocycles. The zero-order chi connectivity index (χ0) is 20.9. The van der Waals surface area contributed by atoms with Crippen LogP contribution in [-0.4, -0.2) is 37.6 Å². The number of nitrogens with two attached hydrogens (primary N) is 1. The van der Waals surface area contributed by atoms with E-state index in [0.29, 0.717) is 24.3 Å². The van der Waals surface area contributed by atoms with Gasteiger partial charge in [-0.25, -0.2) is 8.42 Å². The first-order chi connectivity index (χ1) is 13.2. The summed E-state index contributed by atoms with van der Waals surface area (Å²) in [7, 11) is -3.62. The Bertz CT molecular complexity index is 985. The maximum Gasteiger partial charge on any atom is 0.290 e. The predicted molar refractivity (Wildman–Crippen MR) is 105 cm³/mol. The van der Waals surface area contributed by atoms with E-state index in [1.165, 1.54) is 27.2 Å². The molecule has 0 aliphatic heterocycles. The van der Waals surface area contributed by atoms with Gasteiger partial charge in [0.05, 0.1) is 4.90 Å². The van der Waals surface area contributed by atoms with Crippen LogP contribution in [0.4, 0.5) is 5.69 Å². The smallest absolute Gasteiger partial charge is 0.290 e. The number of carbonyl (C=O) groups is 2. The molecule has 0 saturated heterocycles. The number of nitrogens with zero attached hydrogens (tertiary/aromatic N) is 2. The zero-order valence-electron chi connectivity index (χ0n) is 16.2. The summed E-state index contributed by atoms with van der Waals surface area (Å²) in [6.07, 6.45) is 3.12. The van der Waals surface area contributed by atoms with Gasteiger partial charge in [0.25, 0.3) is 11.8 Å². The van der Waals surface area contributed by atoms with Gasteiger partial charge >= 0.3 is 0 Å². The fraction of sp³-hybridized carbons (Fsp3) is 0.316. The number of hydrogen-bond donors (Lipinski definition) is 2. The highest BCUT2D eigenvalue weighted by Gasteiger charge is 2.23. The Hall–Kier alpha value is -2.78. The molecule has 2 amide bonds. The molecule has 2 aromatic rings. The molecule has 3 N–H and O–H groups in total. The minimum atomic E-state index is -3.62. The van der Waals surface area contributed by atoms with Gasteiger partial charge in [0.15, 0.2) is 12.4 Å². The lowest BCUT2D eigenvalue weighted by atomic mass is 10.2. The average molecular weight is 406 g/mol. The largest absolute Gasteiger partial charge is 0.365 e. The molecule has 0 atom stereocenters. The minimum Gasteiger partial charge on any atom is -0.365 e. The van der Waals surface area contributed by atoms with Gasteiger partial charge in [0, 0.05) is 24.8 Å². The molecule has 0 aliphatic carbocycles. The second-order valence-electron chi connectivity index (χ2n) is 6.24. The van der Waals surface area contributed by atoms with Crippen LogP contribution >= 0.6 is 0 Å². The van der Waals surface area contributed by atoms with Crippen LogP contribution in [0.1, 0.15) is 29.8 Å². The Morgan fingerprint density at radius 2 is 1.86 bits per heavy atom. The van der Waals surface area contributed by atoms with E-state index in [1.807, 2.05) is 0 Å². The topological polar surface area (TPSA) is 113 Å². The molecule has 0 saturated carbocycles. The first kappa shape index (κ1) is 21.5. The van der Waals surface area contributed by atoms with Crippen molar-refractivity contribution in [3.63, 3.8) is 0 Å². The third-order valence-corrected chi connectivity index (χ3v) is 6.34. The van der Waals surface area contributed by atoms with Crippen LogP contribution in [-0.2, 0) is 21.4 Å². The minimum absolute atomic E-state index is 0.0480. The highest BCUT2D eigenvalue weighted by molar-refractivity contribution is 7.89. The lowest BCUT2D eigenvalue weighted by Crippen LogP contribution is -2.40. The number of carbonyl (C=O) groups excluding carboxylic acids is 2. The first-order valence-electron chi connectivity index (χ1n) is 8.88. The molecule has 0 bridgehead atoms. The maximum absolute atomic E-state index is 12.7.